The van der Waals surface area contributed by atoms with Crippen LogP contribution >= 0.6 is 23.4 Å². The van der Waals surface area contributed by atoms with Gasteiger partial charge < -0.3 is 0 Å². The Bertz CT molecular complexity index is 878. The van der Waals surface area contributed by atoms with E-state index in [0.29, 0.717) is 16.8 Å². The van der Waals surface area contributed by atoms with Crippen LogP contribution in [-0.4, -0.2) is 20.9 Å². The van der Waals surface area contributed by atoms with Crippen LogP contribution in [0.15, 0.2) is 60.0 Å². The van der Waals surface area contributed by atoms with Crippen molar-refractivity contribution in [3.05, 3.63) is 77.1 Å². The average molecular weight is 372 g/mol. The second-order valence-electron chi connectivity index (χ2n) is 5.91. The number of benzene rings is 1. The van der Waals surface area contributed by atoms with E-state index in [4.69, 9.17) is 11.6 Å². The molecule has 2 aromatic heterocycles. The zero-order valence-electron chi connectivity index (χ0n) is 14.0. The molecule has 0 bridgehead atoms. The van der Waals surface area contributed by atoms with E-state index in [9.17, 15) is 4.79 Å². The van der Waals surface area contributed by atoms with Gasteiger partial charge in [0, 0.05) is 34.7 Å². The number of carbonyl (C=O) groups excluding carboxylic acids is 1. The van der Waals surface area contributed by atoms with Crippen LogP contribution in [0.25, 0.3) is 0 Å². The monoisotopic (exact) mass is 371 g/mol. The number of hydrogen-bond acceptors (Lipinski definition) is 4. The fourth-order valence-electron chi connectivity index (χ4n) is 2.69. The highest BCUT2D eigenvalue weighted by Gasteiger charge is 2.24. The second-order valence-corrected chi connectivity index (χ2v) is 7.53. The highest BCUT2D eigenvalue weighted by atomic mass is 35.5. The Morgan fingerprint density at radius 3 is 2.76 bits per heavy atom. The first-order chi connectivity index (χ1) is 12.1. The zero-order chi connectivity index (χ0) is 17.8. The third-order valence-electron chi connectivity index (χ3n) is 3.89. The van der Waals surface area contributed by atoms with Crippen LogP contribution < -0.4 is 0 Å². The van der Waals surface area contributed by atoms with Crippen molar-refractivity contribution in [3.63, 3.8) is 0 Å². The Hall–Kier alpha value is -2.11. The number of halogens is 1. The van der Waals surface area contributed by atoms with Crippen molar-refractivity contribution in [2.75, 3.05) is 0 Å². The molecular formula is C19H18ClN3OS. The summed E-state index contributed by atoms with van der Waals surface area (Å²) in [7, 11) is 0. The van der Waals surface area contributed by atoms with Gasteiger partial charge in [0.15, 0.2) is 0 Å². The summed E-state index contributed by atoms with van der Waals surface area (Å²) in [6, 6.07) is 9.70. The van der Waals surface area contributed by atoms with Crippen molar-refractivity contribution in [1.29, 1.82) is 0 Å². The van der Waals surface area contributed by atoms with Gasteiger partial charge in [-0.3, -0.25) is 14.3 Å². The Balaban J connectivity index is 2.11. The molecule has 2 heterocycles. The van der Waals surface area contributed by atoms with Gasteiger partial charge in [-0.05, 0) is 41.3 Å². The predicted molar refractivity (Wildman–Crippen MR) is 102 cm³/mol. The van der Waals surface area contributed by atoms with Gasteiger partial charge >= 0.3 is 0 Å². The molecule has 25 heavy (non-hydrogen) atoms. The van der Waals surface area contributed by atoms with Crippen molar-refractivity contribution in [2.45, 2.75) is 29.9 Å². The fraction of sp³-hybridized carbons (Fsp3) is 0.211. The van der Waals surface area contributed by atoms with E-state index in [2.05, 4.69) is 23.8 Å². The van der Waals surface area contributed by atoms with Gasteiger partial charge in [0.2, 0.25) is 6.41 Å². The van der Waals surface area contributed by atoms with Crippen LogP contribution in [-0.2, 0) is 4.79 Å². The third kappa shape index (κ3) is 3.94. The lowest BCUT2D eigenvalue weighted by Gasteiger charge is -2.21. The molecule has 0 aliphatic carbocycles. The summed E-state index contributed by atoms with van der Waals surface area (Å²) in [5.41, 5.74) is 2.24. The molecule has 0 aliphatic rings. The molecule has 0 fully saturated rings. The summed E-state index contributed by atoms with van der Waals surface area (Å²) in [4.78, 5) is 21.2. The molecule has 128 valence electrons. The first-order valence-corrected chi connectivity index (χ1v) is 9.20. The third-order valence-corrected chi connectivity index (χ3v) is 5.35. The molecule has 6 heteroatoms. The first-order valence-electron chi connectivity index (χ1n) is 7.94. The average Bonchev–Trinajstić information content (AvgIpc) is 3.08. The van der Waals surface area contributed by atoms with Crippen molar-refractivity contribution in [3.8, 4) is 0 Å². The van der Waals surface area contributed by atoms with Crippen LogP contribution in [0.3, 0.4) is 0 Å². The Morgan fingerprint density at radius 2 is 2.04 bits per heavy atom. The van der Waals surface area contributed by atoms with E-state index in [0.717, 1.165) is 22.4 Å². The Labute approximate surface area is 156 Å². The first kappa shape index (κ1) is 17.7. The van der Waals surface area contributed by atoms with E-state index >= 15 is 0 Å². The Kier molecular flexibility index (Phi) is 5.56. The van der Waals surface area contributed by atoms with Crippen LogP contribution in [0.4, 0.5) is 0 Å². The number of hydrogen-bond donors (Lipinski definition) is 0. The highest BCUT2D eigenvalue weighted by Crippen LogP contribution is 2.42. The van der Waals surface area contributed by atoms with Crippen LogP contribution in [0.5, 0.6) is 0 Å². The maximum atomic E-state index is 11.4. The van der Waals surface area contributed by atoms with Crippen molar-refractivity contribution < 1.29 is 4.79 Å². The lowest BCUT2D eigenvalue weighted by molar-refractivity contribution is 0.545. The van der Waals surface area contributed by atoms with Crippen molar-refractivity contribution in [2.24, 2.45) is 0 Å². The molecule has 0 N–H and O–H groups in total. The maximum absolute atomic E-state index is 11.4. The quantitative estimate of drug-likeness (QED) is 0.453. The van der Waals surface area contributed by atoms with Gasteiger partial charge in [0.1, 0.15) is 5.82 Å². The zero-order valence-corrected chi connectivity index (χ0v) is 15.5. The lowest BCUT2D eigenvalue weighted by atomic mass is 9.97. The van der Waals surface area contributed by atoms with Crippen molar-refractivity contribution in [1.82, 2.24) is 14.5 Å². The van der Waals surface area contributed by atoms with Crippen LogP contribution in [0, 0.1) is 0 Å². The van der Waals surface area contributed by atoms with Gasteiger partial charge in [0.05, 0.1) is 5.25 Å². The molecule has 1 aromatic carbocycles. The largest absolute Gasteiger partial charge is 0.278 e. The molecule has 0 spiro atoms. The second kappa shape index (κ2) is 7.85. The molecule has 0 saturated carbocycles. The number of nitrogens with zero attached hydrogens (tertiary/aromatic N) is 3. The maximum Gasteiger partial charge on any atom is 0.219 e. The number of pyridine rings is 1. The van der Waals surface area contributed by atoms with Crippen molar-refractivity contribution >= 4 is 29.8 Å². The minimum Gasteiger partial charge on any atom is -0.278 e. The topological polar surface area (TPSA) is 47.8 Å². The van der Waals surface area contributed by atoms with Gasteiger partial charge in [-0.2, -0.15) is 0 Å². The molecule has 0 aliphatic heterocycles. The summed E-state index contributed by atoms with van der Waals surface area (Å²) >= 11 is 7.76. The van der Waals surface area contributed by atoms with Gasteiger partial charge in [-0.25, -0.2) is 4.98 Å². The van der Waals surface area contributed by atoms with E-state index in [1.165, 1.54) is 4.57 Å². The van der Waals surface area contributed by atoms with Gasteiger partial charge in [0.25, 0.3) is 0 Å². The normalized spacial score (nSPS) is 12.3. The summed E-state index contributed by atoms with van der Waals surface area (Å²) in [6.45, 7) is 4.27. The van der Waals surface area contributed by atoms with E-state index in [1.807, 2.05) is 36.5 Å². The predicted octanol–water partition coefficient (Wildman–Crippen LogP) is 4.97. The van der Waals surface area contributed by atoms with E-state index in [-0.39, 0.29) is 5.25 Å². The molecular weight excluding hydrogens is 354 g/mol. The molecule has 3 aromatic rings. The van der Waals surface area contributed by atoms with Gasteiger partial charge in [-0.1, -0.05) is 31.5 Å². The molecule has 0 amide bonds. The summed E-state index contributed by atoms with van der Waals surface area (Å²) in [5, 5.41) is 0.542. The van der Waals surface area contributed by atoms with E-state index in [1.54, 1.807) is 30.4 Å². The summed E-state index contributed by atoms with van der Waals surface area (Å²) < 4.78 is 1.52. The van der Waals surface area contributed by atoms with Crippen LogP contribution in [0.1, 0.15) is 42.0 Å². The smallest absolute Gasteiger partial charge is 0.219 e. The number of carbonyl (C=O) groups is 1. The molecule has 3 rings (SSSR count). The van der Waals surface area contributed by atoms with Crippen LogP contribution in [0.2, 0.25) is 5.02 Å². The number of imidazole rings is 1. The number of rotatable bonds is 6. The summed E-state index contributed by atoms with van der Waals surface area (Å²) in [5.74, 6) is 0.999. The molecule has 4 nitrogen and oxygen atoms in total. The number of aromatic nitrogens is 3. The molecule has 1 atom stereocenters. The highest BCUT2D eigenvalue weighted by molar-refractivity contribution is 7.99. The summed E-state index contributed by atoms with van der Waals surface area (Å²) in [6.07, 6.45) is 7.76. The standard InChI is InChI=1S/C19H18ClN3OS/c1-13(2)17-11-21-7-6-16(17)18(19-22-8-9-23(19)12-24)25-15-5-3-4-14(20)10-15/h3-13,18H,1-2H3. The molecule has 0 saturated heterocycles. The fourth-order valence-corrected chi connectivity index (χ4v) is 4.20. The Morgan fingerprint density at radius 1 is 1.20 bits per heavy atom. The molecule has 1 unspecified atom stereocenters. The number of thioether (sulfide) groups is 1. The minimum absolute atomic E-state index is 0.140. The van der Waals surface area contributed by atoms with E-state index < -0.39 is 0 Å². The molecule has 0 radical (unpaired) electrons. The van der Waals surface area contributed by atoms with Gasteiger partial charge in [-0.15, -0.1) is 11.8 Å². The minimum atomic E-state index is -0.140. The lowest BCUT2D eigenvalue weighted by Crippen LogP contribution is -2.10. The SMILES string of the molecule is CC(C)c1cnccc1C(Sc1cccc(Cl)c1)c1nccn1C=O.